The summed E-state index contributed by atoms with van der Waals surface area (Å²) in [7, 11) is 1.55. The van der Waals surface area contributed by atoms with Crippen LogP contribution in [0, 0.1) is 5.82 Å². The number of hydrogen-bond acceptors (Lipinski definition) is 2. The summed E-state index contributed by atoms with van der Waals surface area (Å²) in [6, 6.07) is 8.14. The molecule has 0 aromatic heterocycles. The molecule has 1 atom stereocenters. The summed E-state index contributed by atoms with van der Waals surface area (Å²) in [4.78, 5) is 0. The number of hydrogen-bond donors (Lipinski definition) is 1. The van der Waals surface area contributed by atoms with Crippen molar-refractivity contribution in [3.8, 4) is 5.75 Å². The molecule has 6 heteroatoms. The highest BCUT2D eigenvalue weighted by Gasteiger charge is 2.19. The highest BCUT2D eigenvalue weighted by molar-refractivity contribution is 9.10. The van der Waals surface area contributed by atoms with Gasteiger partial charge in [0, 0.05) is 10.0 Å². The Morgan fingerprint density at radius 2 is 1.90 bits per heavy atom. The SMILES string of the molecule is COc1ccc(C(O)c2ccc(Br)c(Cl)c2F)cc1Br. The summed E-state index contributed by atoms with van der Waals surface area (Å²) in [5.74, 6) is -0.00394. The van der Waals surface area contributed by atoms with Crippen molar-refractivity contribution >= 4 is 43.5 Å². The molecule has 2 rings (SSSR count). The lowest BCUT2D eigenvalue weighted by molar-refractivity contribution is 0.214. The predicted octanol–water partition coefficient (Wildman–Crippen LogP) is 5.09. The van der Waals surface area contributed by atoms with E-state index in [9.17, 15) is 9.50 Å². The molecule has 0 fully saturated rings. The molecule has 0 bridgehead atoms. The maximum absolute atomic E-state index is 14.1. The topological polar surface area (TPSA) is 29.5 Å². The quantitative estimate of drug-likeness (QED) is 0.695. The van der Waals surface area contributed by atoms with E-state index in [-0.39, 0.29) is 10.6 Å². The van der Waals surface area contributed by atoms with E-state index in [1.165, 1.54) is 6.07 Å². The van der Waals surface area contributed by atoms with Crippen LogP contribution in [0.3, 0.4) is 0 Å². The van der Waals surface area contributed by atoms with Gasteiger partial charge in [0.2, 0.25) is 0 Å². The minimum Gasteiger partial charge on any atom is -0.496 e. The predicted molar refractivity (Wildman–Crippen MR) is 83.9 cm³/mol. The van der Waals surface area contributed by atoms with Gasteiger partial charge in [-0.1, -0.05) is 23.7 Å². The Kier molecular flexibility index (Phi) is 5.07. The number of halogens is 4. The molecular formula is C14H10Br2ClFO2. The van der Waals surface area contributed by atoms with E-state index in [1.54, 1.807) is 31.4 Å². The van der Waals surface area contributed by atoms with Crippen molar-refractivity contribution < 1.29 is 14.2 Å². The van der Waals surface area contributed by atoms with Gasteiger partial charge in [-0.3, -0.25) is 0 Å². The van der Waals surface area contributed by atoms with E-state index < -0.39 is 11.9 Å². The minimum atomic E-state index is -1.11. The summed E-state index contributed by atoms with van der Waals surface area (Å²) in [5.41, 5.74) is 0.658. The third-order valence-corrected chi connectivity index (χ3v) is 4.73. The molecule has 106 valence electrons. The van der Waals surface area contributed by atoms with Crippen LogP contribution in [-0.2, 0) is 0 Å². The maximum atomic E-state index is 14.1. The Morgan fingerprint density at radius 1 is 1.20 bits per heavy atom. The van der Waals surface area contributed by atoms with Gasteiger partial charge >= 0.3 is 0 Å². The largest absolute Gasteiger partial charge is 0.496 e. The van der Waals surface area contributed by atoms with E-state index in [0.717, 1.165) is 0 Å². The average Bonchev–Trinajstić information content (AvgIpc) is 2.44. The zero-order valence-corrected chi connectivity index (χ0v) is 14.3. The van der Waals surface area contributed by atoms with Crippen LogP contribution >= 0.6 is 43.5 Å². The van der Waals surface area contributed by atoms with Gasteiger partial charge in [0.15, 0.2) is 0 Å². The van der Waals surface area contributed by atoms with Crippen LogP contribution in [-0.4, -0.2) is 12.2 Å². The van der Waals surface area contributed by atoms with Gasteiger partial charge in [0.05, 0.1) is 16.6 Å². The lowest BCUT2D eigenvalue weighted by Crippen LogP contribution is -2.03. The van der Waals surface area contributed by atoms with Crippen molar-refractivity contribution in [1.82, 2.24) is 0 Å². The smallest absolute Gasteiger partial charge is 0.149 e. The van der Waals surface area contributed by atoms with Gasteiger partial charge in [0.1, 0.15) is 17.7 Å². The van der Waals surface area contributed by atoms with Gasteiger partial charge < -0.3 is 9.84 Å². The molecule has 1 unspecified atom stereocenters. The first-order valence-corrected chi connectivity index (χ1v) is 7.57. The van der Waals surface area contributed by atoms with E-state index in [0.29, 0.717) is 20.3 Å². The van der Waals surface area contributed by atoms with Crippen molar-refractivity contribution in [3.05, 3.63) is 61.2 Å². The van der Waals surface area contributed by atoms with Gasteiger partial charge in [-0.2, -0.15) is 0 Å². The summed E-state index contributed by atoms with van der Waals surface area (Å²) in [5, 5.41) is 10.3. The molecule has 0 heterocycles. The average molecular weight is 424 g/mol. The molecule has 0 amide bonds. The third kappa shape index (κ3) is 3.01. The molecule has 0 aliphatic rings. The lowest BCUT2D eigenvalue weighted by atomic mass is 10.0. The molecule has 0 spiro atoms. The van der Waals surface area contributed by atoms with Crippen molar-refractivity contribution in [3.63, 3.8) is 0 Å². The van der Waals surface area contributed by atoms with Crippen LogP contribution in [0.25, 0.3) is 0 Å². The number of rotatable bonds is 3. The fourth-order valence-electron chi connectivity index (χ4n) is 1.78. The Hall–Kier alpha value is -0.620. The van der Waals surface area contributed by atoms with E-state index in [1.807, 2.05) is 0 Å². The molecule has 2 aromatic rings. The van der Waals surface area contributed by atoms with E-state index in [4.69, 9.17) is 16.3 Å². The van der Waals surface area contributed by atoms with E-state index in [2.05, 4.69) is 31.9 Å². The van der Waals surface area contributed by atoms with Crippen molar-refractivity contribution in [2.75, 3.05) is 7.11 Å². The van der Waals surface area contributed by atoms with Crippen LogP contribution in [0.5, 0.6) is 5.75 Å². The fourth-order valence-corrected chi connectivity index (χ4v) is 2.82. The standard InChI is InChI=1S/C14H10Br2ClFO2/c1-20-11-5-2-7(6-10(11)16)14(19)8-3-4-9(15)12(17)13(8)18/h2-6,14,19H,1H3. The lowest BCUT2D eigenvalue weighted by Gasteiger charge is -2.15. The molecule has 0 radical (unpaired) electrons. The Bertz CT molecular complexity index is 649. The summed E-state index contributed by atoms with van der Waals surface area (Å²) in [6.45, 7) is 0. The van der Waals surface area contributed by atoms with E-state index >= 15 is 0 Å². The monoisotopic (exact) mass is 422 g/mol. The Balaban J connectivity index is 2.44. The molecule has 1 N–H and O–H groups in total. The van der Waals surface area contributed by atoms with Gasteiger partial charge in [-0.05, 0) is 55.6 Å². The second kappa shape index (κ2) is 6.43. The first kappa shape index (κ1) is 15.8. The Morgan fingerprint density at radius 3 is 2.50 bits per heavy atom. The Labute approximate surface area is 137 Å². The molecule has 2 nitrogen and oxygen atoms in total. The van der Waals surface area contributed by atoms with Gasteiger partial charge in [-0.15, -0.1) is 0 Å². The normalized spacial score (nSPS) is 12.3. The highest BCUT2D eigenvalue weighted by Crippen LogP contribution is 2.35. The molecule has 0 saturated carbocycles. The van der Waals surface area contributed by atoms with Crippen molar-refractivity contribution in [2.24, 2.45) is 0 Å². The fraction of sp³-hybridized carbons (Fsp3) is 0.143. The molecule has 0 aliphatic heterocycles. The number of methoxy groups -OCH3 is 1. The first-order valence-electron chi connectivity index (χ1n) is 5.60. The second-order valence-electron chi connectivity index (χ2n) is 4.06. The third-order valence-electron chi connectivity index (χ3n) is 2.85. The number of benzene rings is 2. The van der Waals surface area contributed by atoms with Crippen molar-refractivity contribution in [2.45, 2.75) is 6.10 Å². The molecule has 0 saturated heterocycles. The van der Waals surface area contributed by atoms with Gasteiger partial charge in [0.25, 0.3) is 0 Å². The minimum absolute atomic E-state index is 0.0471. The number of aliphatic hydroxyl groups is 1. The summed E-state index contributed by atoms with van der Waals surface area (Å²) < 4.78 is 20.3. The zero-order chi connectivity index (χ0) is 14.9. The maximum Gasteiger partial charge on any atom is 0.149 e. The van der Waals surface area contributed by atoms with Crippen LogP contribution < -0.4 is 4.74 Å². The highest BCUT2D eigenvalue weighted by atomic mass is 79.9. The summed E-state index contributed by atoms with van der Waals surface area (Å²) in [6.07, 6.45) is -1.11. The number of aliphatic hydroxyl groups excluding tert-OH is 1. The second-order valence-corrected chi connectivity index (χ2v) is 6.15. The molecular weight excluding hydrogens is 414 g/mol. The van der Waals surface area contributed by atoms with Gasteiger partial charge in [-0.25, -0.2) is 4.39 Å². The molecule has 20 heavy (non-hydrogen) atoms. The first-order chi connectivity index (χ1) is 9.45. The van der Waals surface area contributed by atoms with Crippen molar-refractivity contribution in [1.29, 1.82) is 0 Å². The van der Waals surface area contributed by atoms with Crippen LogP contribution in [0.1, 0.15) is 17.2 Å². The molecule has 0 aliphatic carbocycles. The number of ether oxygens (including phenoxy) is 1. The molecule has 2 aromatic carbocycles. The van der Waals surface area contributed by atoms with Crippen LogP contribution in [0.4, 0.5) is 4.39 Å². The summed E-state index contributed by atoms with van der Waals surface area (Å²) >= 11 is 12.3. The van der Waals surface area contributed by atoms with Crippen LogP contribution in [0.2, 0.25) is 5.02 Å². The zero-order valence-electron chi connectivity index (χ0n) is 10.3. The van der Waals surface area contributed by atoms with Crippen LogP contribution in [0.15, 0.2) is 39.3 Å².